The first-order valence-corrected chi connectivity index (χ1v) is 10.5. The van der Waals surface area contributed by atoms with Crippen molar-refractivity contribution in [2.45, 2.75) is 72.8 Å². The van der Waals surface area contributed by atoms with Crippen LogP contribution in [0.2, 0.25) is 0 Å². The standard InChI is InChI=1S/C17H35NO2S/c1-6-11-21(19,20)12-10-14-13-15(17(3,4)5)8-9-16(14)18-7-2/h14-16,18H,6-13H2,1-5H3. The molecule has 0 heterocycles. The number of nitrogens with one attached hydrogen (secondary N) is 1. The Labute approximate surface area is 132 Å². The molecular formula is C17H35NO2S. The summed E-state index contributed by atoms with van der Waals surface area (Å²) < 4.78 is 24.0. The van der Waals surface area contributed by atoms with Crippen LogP contribution >= 0.6 is 0 Å². The maximum Gasteiger partial charge on any atom is 0.150 e. The minimum Gasteiger partial charge on any atom is -0.314 e. The molecule has 3 unspecified atom stereocenters. The average molecular weight is 318 g/mol. The normalized spacial score (nSPS) is 27.8. The largest absolute Gasteiger partial charge is 0.314 e. The van der Waals surface area contributed by atoms with Crippen LogP contribution in [0.5, 0.6) is 0 Å². The molecule has 0 aromatic carbocycles. The first-order chi connectivity index (χ1) is 9.69. The Morgan fingerprint density at radius 3 is 2.29 bits per heavy atom. The molecule has 1 rings (SSSR count). The summed E-state index contributed by atoms with van der Waals surface area (Å²) in [6.45, 7) is 12.0. The van der Waals surface area contributed by atoms with E-state index in [2.05, 4.69) is 33.0 Å². The molecule has 3 atom stereocenters. The van der Waals surface area contributed by atoms with Gasteiger partial charge >= 0.3 is 0 Å². The van der Waals surface area contributed by atoms with Gasteiger partial charge in [-0.1, -0.05) is 34.6 Å². The molecule has 0 radical (unpaired) electrons. The second kappa shape index (κ2) is 7.96. The van der Waals surface area contributed by atoms with Gasteiger partial charge in [0.05, 0.1) is 5.75 Å². The van der Waals surface area contributed by atoms with E-state index in [0.717, 1.165) is 19.4 Å². The van der Waals surface area contributed by atoms with E-state index in [4.69, 9.17) is 0 Å². The van der Waals surface area contributed by atoms with Crippen LogP contribution in [0.3, 0.4) is 0 Å². The van der Waals surface area contributed by atoms with E-state index >= 15 is 0 Å². The molecule has 21 heavy (non-hydrogen) atoms. The molecule has 0 amide bonds. The number of sulfone groups is 1. The third-order valence-corrected chi connectivity index (χ3v) is 6.88. The summed E-state index contributed by atoms with van der Waals surface area (Å²) >= 11 is 0. The molecule has 1 N–H and O–H groups in total. The Morgan fingerprint density at radius 2 is 1.76 bits per heavy atom. The minimum atomic E-state index is -2.85. The van der Waals surface area contributed by atoms with Gasteiger partial charge < -0.3 is 5.32 Å². The molecule has 3 nitrogen and oxygen atoms in total. The monoisotopic (exact) mass is 317 g/mol. The lowest BCUT2D eigenvalue weighted by Gasteiger charge is -2.42. The number of rotatable bonds is 7. The predicted molar refractivity (Wildman–Crippen MR) is 91.3 cm³/mol. The van der Waals surface area contributed by atoms with E-state index in [-0.39, 0.29) is 0 Å². The maximum atomic E-state index is 12.0. The van der Waals surface area contributed by atoms with E-state index < -0.39 is 9.84 Å². The van der Waals surface area contributed by atoms with Gasteiger partial charge in [0.2, 0.25) is 0 Å². The topological polar surface area (TPSA) is 46.2 Å². The van der Waals surface area contributed by atoms with Crippen molar-refractivity contribution in [2.75, 3.05) is 18.1 Å². The van der Waals surface area contributed by atoms with E-state index in [1.54, 1.807) is 0 Å². The Hall–Kier alpha value is -0.0900. The Morgan fingerprint density at radius 1 is 1.10 bits per heavy atom. The van der Waals surface area contributed by atoms with Crippen molar-refractivity contribution in [1.29, 1.82) is 0 Å². The van der Waals surface area contributed by atoms with Gasteiger partial charge in [-0.3, -0.25) is 0 Å². The molecular weight excluding hydrogens is 282 g/mol. The lowest BCUT2D eigenvalue weighted by Crippen LogP contribution is -2.43. The molecule has 0 spiro atoms. The first-order valence-electron chi connectivity index (χ1n) is 8.63. The van der Waals surface area contributed by atoms with Gasteiger partial charge in [0.25, 0.3) is 0 Å². The lowest BCUT2D eigenvalue weighted by molar-refractivity contribution is 0.113. The summed E-state index contributed by atoms with van der Waals surface area (Å²) in [4.78, 5) is 0. The summed E-state index contributed by atoms with van der Waals surface area (Å²) in [6, 6.07) is 0.505. The molecule has 1 aliphatic rings. The zero-order valence-electron chi connectivity index (χ0n) is 14.6. The zero-order chi connectivity index (χ0) is 16.1. The summed E-state index contributed by atoms with van der Waals surface area (Å²) in [5, 5.41) is 3.58. The minimum absolute atomic E-state index is 0.331. The molecule has 1 aliphatic carbocycles. The zero-order valence-corrected chi connectivity index (χ0v) is 15.4. The van der Waals surface area contributed by atoms with Gasteiger partial charge in [-0.15, -0.1) is 0 Å². The summed E-state index contributed by atoms with van der Waals surface area (Å²) in [7, 11) is -2.85. The van der Waals surface area contributed by atoms with Crippen molar-refractivity contribution >= 4 is 9.84 Å². The molecule has 1 fully saturated rings. The van der Waals surface area contributed by atoms with E-state index in [1.165, 1.54) is 19.3 Å². The Kier molecular flexibility index (Phi) is 7.18. The maximum absolute atomic E-state index is 12.0. The van der Waals surface area contributed by atoms with Crippen LogP contribution in [0.15, 0.2) is 0 Å². The molecule has 4 heteroatoms. The van der Waals surface area contributed by atoms with Gasteiger partial charge in [0.1, 0.15) is 9.84 Å². The number of hydrogen-bond acceptors (Lipinski definition) is 3. The van der Waals surface area contributed by atoms with Gasteiger partial charge in [-0.2, -0.15) is 0 Å². The molecule has 0 aromatic heterocycles. The van der Waals surface area contributed by atoms with Crippen molar-refractivity contribution in [3.05, 3.63) is 0 Å². The smallest absolute Gasteiger partial charge is 0.150 e. The molecule has 0 saturated heterocycles. The highest BCUT2D eigenvalue weighted by Gasteiger charge is 2.35. The van der Waals surface area contributed by atoms with E-state index in [0.29, 0.717) is 34.8 Å². The van der Waals surface area contributed by atoms with Gasteiger partial charge in [-0.05, 0) is 55.9 Å². The van der Waals surface area contributed by atoms with Crippen molar-refractivity contribution in [3.8, 4) is 0 Å². The second-order valence-corrected chi connectivity index (χ2v) is 10.0. The third kappa shape index (κ3) is 6.27. The van der Waals surface area contributed by atoms with Crippen molar-refractivity contribution < 1.29 is 8.42 Å². The highest BCUT2D eigenvalue weighted by Crippen LogP contribution is 2.41. The molecule has 0 aromatic rings. The van der Waals surface area contributed by atoms with Crippen LogP contribution in [0.4, 0.5) is 0 Å². The summed E-state index contributed by atoms with van der Waals surface area (Å²) in [5.41, 5.74) is 0.331. The summed E-state index contributed by atoms with van der Waals surface area (Å²) in [6.07, 6.45) is 5.18. The lowest BCUT2D eigenvalue weighted by atomic mass is 9.67. The highest BCUT2D eigenvalue weighted by molar-refractivity contribution is 7.91. The average Bonchev–Trinajstić information content (AvgIpc) is 2.36. The van der Waals surface area contributed by atoms with Gasteiger partial charge in [0, 0.05) is 11.8 Å². The fourth-order valence-corrected chi connectivity index (χ4v) is 5.13. The van der Waals surface area contributed by atoms with Gasteiger partial charge in [-0.25, -0.2) is 8.42 Å². The van der Waals surface area contributed by atoms with Crippen LogP contribution in [-0.2, 0) is 9.84 Å². The fourth-order valence-electron chi connectivity index (χ4n) is 3.64. The second-order valence-electron chi connectivity index (χ2n) is 7.74. The van der Waals surface area contributed by atoms with Crippen LogP contribution in [-0.4, -0.2) is 32.5 Å². The van der Waals surface area contributed by atoms with Crippen molar-refractivity contribution in [2.24, 2.45) is 17.3 Å². The molecule has 1 saturated carbocycles. The van der Waals surface area contributed by atoms with Crippen molar-refractivity contribution in [1.82, 2.24) is 5.32 Å². The van der Waals surface area contributed by atoms with Crippen LogP contribution < -0.4 is 5.32 Å². The third-order valence-electron chi connectivity index (χ3n) is 4.99. The Bertz CT molecular complexity index is 398. The van der Waals surface area contributed by atoms with Crippen LogP contribution in [0.25, 0.3) is 0 Å². The Balaban J connectivity index is 2.67. The van der Waals surface area contributed by atoms with Gasteiger partial charge in [0.15, 0.2) is 0 Å². The predicted octanol–water partition coefficient (Wildman–Crippen LogP) is 3.64. The molecule has 126 valence electrons. The fraction of sp³-hybridized carbons (Fsp3) is 1.00. The van der Waals surface area contributed by atoms with Crippen molar-refractivity contribution in [3.63, 3.8) is 0 Å². The quantitative estimate of drug-likeness (QED) is 0.780. The van der Waals surface area contributed by atoms with Crippen LogP contribution in [0.1, 0.15) is 66.7 Å². The SMILES string of the molecule is CCCS(=O)(=O)CCC1CC(C(C)(C)C)CCC1NCC. The molecule has 0 bridgehead atoms. The molecule has 0 aliphatic heterocycles. The number of hydrogen-bond donors (Lipinski definition) is 1. The van der Waals surface area contributed by atoms with E-state index in [1.807, 2.05) is 6.92 Å². The van der Waals surface area contributed by atoms with Crippen LogP contribution in [0, 0.1) is 17.3 Å². The highest BCUT2D eigenvalue weighted by atomic mass is 32.2. The summed E-state index contributed by atoms with van der Waals surface area (Å²) in [5.74, 6) is 1.93. The first kappa shape index (κ1) is 19.0. The van der Waals surface area contributed by atoms with E-state index in [9.17, 15) is 8.42 Å².